The number of imidazole rings is 1. The lowest BCUT2D eigenvalue weighted by Crippen LogP contribution is -2.03. The quantitative estimate of drug-likeness (QED) is 0.689. The Morgan fingerprint density at radius 2 is 2.17 bits per heavy atom. The first-order chi connectivity index (χ1) is 8.70. The zero-order valence-corrected chi connectivity index (χ0v) is 9.90. The van der Waals surface area contributed by atoms with E-state index in [1.807, 2.05) is 19.3 Å². The van der Waals surface area contributed by atoms with Crippen LogP contribution >= 0.6 is 0 Å². The van der Waals surface area contributed by atoms with Crippen LogP contribution in [0, 0.1) is 0 Å². The molecule has 3 aromatic rings. The minimum atomic E-state index is 0.294. The van der Waals surface area contributed by atoms with Gasteiger partial charge in [-0.2, -0.15) is 10.1 Å². The van der Waals surface area contributed by atoms with Gasteiger partial charge in [-0.05, 0) is 0 Å². The van der Waals surface area contributed by atoms with Crippen LogP contribution in [0.1, 0.15) is 0 Å². The molecule has 2 N–H and O–H groups in total. The maximum Gasteiger partial charge on any atom is 0.245 e. The number of rotatable bonds is 2. The van der Waals surface area contributed by atoms with E-state index in [1.165, 1.54) is 13.4 Å². The van der Waals surface area contributed by atoms with E-state index < -0.39 is 0 Å². The van der Waals surface area contributed by atoms with Crippen molar-refractivity contribution in [2.75, 3.05) is 12.8 Å². The van der Waals surface area contributed by atoms with E-state index in [0.717, 1.165) is 0 Å². The number of methoxy groups -OCH3 is 1. The SMILES string of the molecule is COc1ncnc2c1nc(N)n2-c1ccn(C)n1. The highest BCUT2D eigenvalue weighted by molar-refractivity contribution is 5.80. The van der Waals surface area contributed by atoms with Crippen LogP contribution < -0.4 is 10.5 Å². The molecule has 8 heteroatoms. The van der Waals surface area contributed by atoms with E-state index in [1.54, 1.807) is 9.25 Å². The second-order valence-electron chi connectivity index (χ2n) is 3.71. The molecule has 3 rings (SSSR count). The number of nitrogen functional groups attached to an aromatic ring is 1. The van der Waals surface area contributed by atoms with Crippen LogP contribution in [0.15, 0.2) is 18.6 Å². The van der Waals surface area contributed by atoms with Crippen molar-refractivity contribution in [1.82, 2.24) is 29.3 Å². The van der Waals surface area contributed by atoms with Gasteiger partial charge in [0.25, 0.3) is 0 Å². The Hall–Kier alpha value is -2.64. The molecule has 0 saturated carbocycles. The summed E-state index contributed by atoms with van der Waals surface area (Å²) in [5.74, 6) is 1.34. The molecule has 0 saturated heterocycles. The van der Waals surface area contributed by atoms with E-state index in [0.29, 0.717) is 28.8 Å². The van der Waals surface area contributed by atoms with Gasteiger partial charge in [-0.3, -0.25) is 4.68 Å². The molecule has 0 aliphatic rings. The number of nitrogens with two attached hydrogens (primary N) is 1. The van der Waals surface area contributed by atoms with Gasteiger partial charge in [0.1, 0.15) is 6.33 Å². The zero-order valence-electron chi connectivity index (χ0n) is 9.90. The van der Waals surface area contributed by atoms with Crippen LogP contribution in [-0.2, 0) is 7.05 Å². The molecule has 0 atom stereocenters. The van der Waals surface area contributed by atoms with Crippen molar-refractivity contribution >= 4 is 17.1 Å². The van der Waals surface area contributed by atoms with Gasteiger partial charge in [0, 0.05) is 19.3 Å². The molecule has 18 heavy (non-hydrogen) atoms. The molecule has 0 amide bonds. The van der Waals surface area contributed by atoms with E-state index in [4.69, 9.17) is 10.5 Å². The van der Waals surface area contributed by atoms with Crippen LogP contribution in [-0.4, -0.2) is 36.4 Å². The number of nitrogens with zero attached hydrogens (tertiary/aromatic N) is 6. The van der Waals surface area contributed by atoms with Crippen molar-refractivity contribution in [2.24, 2.45) is 7.05 Å². The monoisotopic (exact) mass is 245 g/mol. The zero-order chi connectivity index (χ0) is 12.7. The maximum atomic E-state index is 5.90. The van der Waals surface area contributed by atoms with Crippen molar-refractivity contribution in [2.45, 2.75) is 0 Å². The minimum Gasteiger partial charge on any atom is -0.479 e. The van der Waals surface area contributed by atoms with Crippen LogP contribution in [0.25, 0.3) is 17.0 Å². The highest BCUT2D eigenvalue weighted by Gasteiger charge is 2.16. The molecular formula is C10H11N7O. The van der Waals surface area contributed by atoms with Crippen LogP contribution in [0.2, 0.25) is 0 Å². The number of aromatic nitrogens is 6. The lowest BCUT2D eigenvalue weighted by molar-refractivity contribution is 0.401. The fourth-order valence-corrected chi connectivity index (χ4v) is 1.79. The Bertz CT molecular complexity index is 714. The molecule has 3 heterocycles. The number of aryl methyl sites for hydroxylation is 1. The number of anilines is 1. The first kappa shape index (κ1) is 10.5. The molecule has 0 aromatic carbocycles. The fraction of sp³-hybridized carbons (Fsp3) is 0.200. The lowest BCUT2D eigenvalue weighted by Gasteiger charge is -2.01. The molecule has 0 aliphatic carbocycles. The molecule has 0 unspecified atom stereocenters. The Balaban J connectivity index is 2.33. The van der Waals surface area contributed by atoms with Gasteiger partial charge < -0.3 is 10.5 Å². The second-order valence-corrected chi connectivity index (χ2v) is 3.71. The molecule has 92 valence electrons. The van der Waals surface area contributed by atoms with Crippen LogP contribution in [0.4, 0.5) is 5.95 Å². The number of hydrogen-bond acceptors (Lipinski definition) is 6. The smallest absolute Gasteiger partial charge is 0.245 e. The van der Waals surface area contributed by atoms with Gasteiger partial charge in [0.15, 0.2) is 17.0 Å². The number of fused-ring (bicyclic) bond motifs is 1. The van der Waals surface area contributed by atoms with Gasteiger partial charge >= 0.3 is 0 Å². The highest BCUT2D eigenvalue weighted by atomic mass is 16.5. The van der Waals surface area contributed by atoms with E-state index >= 15 is 0 Å². The molecule has 0 radical (unpaired) electrons. The fourth-order valence-electron chi connectivity index (χ4n) is 1.79. The van der Waals surface area contributed by atoms with Crippen molar-refractivity contribution in [3.05, 3.63) is 18.6 Å². The second kappa shape index (κ2) is 3.69. The van der Waals surface area contributed by atoms with Gasteiger partial charge in [0.05, 0.1) is 7.11 Å². The predicted octanol–water partition coefficient (Wildman–Crippen LogP) is 0.140. The first-order valence-corrected chi connectivity index (χ1v) is 5.23. The average Bonchev–Trinajstić information content (AvgIpc) is 2.91. The normalized spacial score (nSPS) is 11.0. The van der Waals surface area contributed by atoms with Gasteiger partial charge in [-0.15, -0.1) is 0 Å². The van der Waals surface area contributed by atoms with Gasteiger partial charge in [-0.1, -0.05) is 0 Å². The molecule has 8 nitrogen and oxygen atoms in total. The predicted molar refractivity (Wildman–Crippen MR) is 64.4 cm³/mol. The third kappa shape index (κ3) is 1.39. The minimum absolute atomic E-state index is 0.294. The maximum absolute atomic E-state index is 5.90. The molecule has 0 aliphatic heterocycles. The summed E-state index contributed by atoms with van der Waals surface area (Å²) >= 11 is 0. The summed E-state index contributed by atoms with van der Waals surface area (Å²) in [7, 11) is 3.35. The summed E-state index contributed by atoms with van der Waals surface area (Å²) in [4.78, 5) is 12.4. The van der Waals surface area contributed by atoms with Crippen molar-refractivity contribution < 1.29 is 4.74 Å². The highest BCUT2D eigenvalue weighted by Crippen LogP contribution is 2.25. The summed E-state index contributed by atoms with van der Waals surface area (Å²) in [6, 6.07) is 1.83. The van der Waals surface area contributed by atoms with Crippen molar-refractivity contribution in [3.8, 4) is 11.7 Å². The molecule has 3 aromatic heterocycles. The Labute approximate surface area is 102 Å². The van der Waals surface area contributed by atoms with Gasteiger partial charge in [0.2, 0.25) is 11.8 Å². The summed E-state index contributed by atoms with van der Waals surface area (Å²) in [6.07, 6.45) is 3.22. The lowest BCUT2D eigenvalue weighted by atomic mass is 10.5. The van der Waals surface area contributed by atoms with Gasteiger partial charge in [-0.25, -0.2) is 14.5 Å². The summed E-state index contributed by atoms with van der Waals surface area (Å²) in [5.41, 5.74) is 6.98. The summed E-state index contributed by atoms with van der Waals surface area (Å²) < 4.78 is 8.46. The number of hydrogen-bond donors (Lipinski definition) is 1. The molecule has 0 fully saturated rings. The molecule has 0 spiro atoms. The third-order valence-corrected chi connectivity index (χ3v) is 2.56. The Kier molecular flexibility index (Phi) is 2.15. The van der Waals surface area contributed by atoms with Crippen LogP contribution in [0.5, 0.6) is 5.88 Å². The first-order valence-electron chi connectivity index (χ1n) is 5.23. The standard InChI is InChI=1S/C10H11N7O/c1-16-4-3-6(15-16)17-8-7(14-10(17)11)9(18-2)13-5-12-8/h3-5H,1-2H3,(H2,11,14). The molecule has 0 bridgehead atoms. The average molecular weight is 245 g/mol. The van der Waals surface area contributed by atoms with E-state index in [2.05, 4.69) is 20.1 Å². The van der Waals surface area contributed by atoms with Crippen LogP contribution in [0.3, 0.4) is 0 Å². The van der Waals surface area contributed by atoms with Crippen molar-refractivity contribution in [1.29, 1.82) is 0 Å². The number of ether oxygens (including phenoxy) is 1. The molecular weight excluding hydrogens is 234 g/mol. The summed E-state index contributed by atoms with van der Waals surface area (Å²) in [6.45, 7) is 0. The third-order valence-electron chi connectivity index (χ3n) is 2.56. The Morgan fingerprint density at radius 1 is 1.33 bits per heavy atom. The van der Waals surface area contributed by atoms with Crippen molar-refractivity contribution in [3.63, 3.8) is 0 Å². The van der Waals surface area contributed by atoms with E-state index in [-0.39, 0.29) is 0 Å². The van der Waals surface area contributed by atoms with E-state index in [9.17, 15) is 0 Å². The Morgan fingerprint density at radius 3 is 2.83 bits per heavy atom. The summed E-state index contributed by atoms with van der Waals surface area (Å²) in [5, 5.41) is 4.28. The topological polar surface area (TPSA) is 96.7 Å². The largest absolute Gasteiger partial charge is 0.479 e.